The third-order valence-corrected chi connectivity index (χ3v) is 6.95. The summed E-state index contributed by atoms with van der Waals surface area (Å²) < 4.78 is 0. The molecule has 4 fully saturated rings. The summed E-state index contributed by atoms with van der Waals surface area (Å²) in [7, 11) is 0. The number of benzene rings is 2. The predicted molar refractivity (Wildman–Crippen MR) is 109 cm³/mol. The van der Waals surface area contributed by atoms with E-state index < -0.39 is 0 Å². The highest BCUT2D eigenvalue weighted by molar-refractivity contribution is 6.04. The fourth-order valence-corrected chi connectivity index (χ4v) is 6.12. The summed E-state index contributed by atoms with van der Waals surface area (Å²) in [4.78, 5) is 12.4. The molecule has 2 N–H and O–H groups in total. The zero-order valence-electron chi connectivity index (χ0n) is 15.8. The summed E-state index contributed by atoms with van der Waals surface area (Å²) in [5, 5.41) is 6.88. The van der Waals surface area contributed by atoms with Gasteiger partial charge in [-0.25, -0.2) is 0 Å². The highest BCUT2D eigenvalue weighted by Gasteiger charge is 2.50. The second-order valence-corrected chi connectivity index (χ2v) is 9.07. The van der Waals surface area contributed by atoms with Gasteiger partial charge in [-0.15, -0.1) is 0 Å². The van der Waals surface area contributed by atoms with Crippen molar-refractivity contribution in [1.82, 2.24) is 5.32 Å². The number of hydrogen-bond acceptors (Lipinski definition) is 2. The van der Waals surface area contributed by atoms with E-state index in [1.54, 1.807) is 0 Å². The van der Waals surface area contributed by atoms with Crippen molar-refractivity contribution in [2.24, 2.45) is 17.8 Å². The maximum Gasteiger partial charge on any atom is 0.255 e. The van der Waals surface area contributed by atoms with E-state index in [4.69, 9.17) is 0 Å². The van der Waals surface area contributed by atoms with Gasteiger partial charge in [0.1, 0.15) is 0 Å². The molecule has 4 aliphatic carbocycles. The van der Waals surface area contributed by atoms with Crippen molar-refractivity contribution in [2.75, 3.05) is 5.32 Å². The van der Waals surface area contributed by atoms with Gasteiger partial charge in [0.05, 0.1) is 0 Å². The van der Waals surface area contributed by atoms with Gasteiger partial charge in [0.25, 0.3) is 5.91 Å². The molecule has 0 saturated heterocycles. The van der Waals surface area contributed by atoms with E-state index in [0.717, 1.165) is 30.0 Å². The van der Waals surface area contributed by atoms with E-state index in [9.17, 15) is 4.79 Å². The molecule has 3 heteroatoms. The van der Waals surface area contributed by atoms with Crippen LogP contribution in [0, 0.1) is 17.8 Å². The molecule has 6 rings (SSSR count). The second-order valence-electron chi connectivity index (χ2n) is 9.07. The number of hydrogen-bond donors (Lipinski definition) is 2. The molecule has 3 nitrogen and oxygen atoms in total. The molecule has 0 aliphatic heterocycles. The SMILES string of the molecule is O=C(Nc1ccccc1)c1ccc(CNC23CC4CC(CC(C4)C2)C3)cc1. The molecule has 0 radical (unpaired) electrons. The first-order chi connectivity index (χ1) is 13.2. The van der Waals surface area contributed by atoms with Crippen molar-refractivity contribution >= 4 is 11.6 Å². The highest BCUT2D eigenvalue weighted by atomic mass is 16.1. The van der Waals surface area contributed by atoms with Crippen LogP contribution in [0.5, 0.6) is 0 Å². The van der Waals surface area contributed by atoms with Gasteiger partial charge in [0.2, 0.25) is 0 Å². The first-order valence-electron chi connectivity index (χ1n) is 10.4. The Balaban J connectivity index is 1.20. The Morgan fingerprint density at radius 3 is 2.04 bits per heavy atom. The maximum absolute atomic E-state index is 12.4. The smallest absolute Gasteiger partial charge is 0.255 e. The minimum absolute atomic E-state index is 0.0539. The quantitative estimate of drug-likeness (QED) is 0.788. The molecule has 2 aromatic rings. The summed E-state index contributed by atoms with van der Waals surface area (Å²) in [6.07, 6.45) is 8.55. The Bertz CT molecular complexity index is 777. The van der Waals surface area contributed by atoms with Crippen LogP contribution in [0.15, 0.2) is 54.6 Å². The van der Waals surface area contributed by atoms with E-state index >= 15 is 0 Å². The lowest BCUT2D eigenvalue weighted by Gasteiger charge is -2.57. The maximum atomic E-state index is 12.4. The Hall–Kier alpha value is -2.13. The van der Waals surface area contributed by atoms with E-state index in [0.29, 0.717) is 11.1 Å². The van der Waals surface area contributed by atoms with Gasteiger partial charge in [0, 0.05) is 23.3 Å². The number of nitrogens with one attached hydrogen (secondary N) is 2. The Labute approximate surface area is 161 Å². The zero-order valence-corrected chi connectivity index (χ0v) is 15.8. The van der Waals surface area contributed by atoms with Crippen LogP contribution in [0.2, 0.25) is 0 Å². The van der Waals surface area contributed by atoms with E-state index in [1.165, 1.54) is 44.1 Å². The number of carbonyl (C=O) groups is 1. The van der Waals surface area contributed by atoms with Gasteiger partial charge in [-0.05, 0) is 86.1 Å². The van der Waals surface area contributed by atoms with Gasteiger partial charge in [0.15, 0.2) is 0 Å². The molecule has 0 spiro atoms. The monoisotopic (exact) mass is 360 g/mol. The van der Waals surface area contributed by atoms with Crippen molar-refractivity contribution in [3.05, 3.63) is 65.7 Å². The van der Waals surface area contributed by atoms with Crippen LogP contribution < -0.4 is 10.6 Å². The number of para-hydroxylation sites is 1. The average Bonchev–Trinajstić information content (AvgIpc) is 2.67. The van der Waals surface area contributed by atoms with Crippen LogP contribution in [0.4, 0.5) is 5.69 Å². The number of carbonyl (C=O) groups excluding carboxylic acids is 1. The molecule has 140 valence electrons. The summed E-state index contributed by atoms with van der Waals surface area (Å²) in [5.41, 5.74) is 3.19. The Kier molecular flexibility index (Phi) is 4.28. The zero-order chi connectivity index (χ0) is 18.3. The van der Waals surface area contributed by atoms with E-state index in [1.807, 2.05) is 42.5 Å². The topological polar surface area (TPSA) is 41.1 Å². The molecular weight excluding hydrogens is 332 g/mol. The van der Waals surface area contributed by atoms with Gasteiger partial charge in [-0.3, -0.25) is 4.79 Å². The molecule has 4 saturated carbocycles. The molecule has 2 aromatic carbocycles. The van der Waals surface area contributed by atoms with E-state index in [2.05, 4.69) is 22.8 Å². The second kappa shape index (κ2) is 6.79. The van der Waals surface area contributed by atoms with Gasteiger partial charge < -0.3 is 10.6 Å². The third-order valence-electron chi connectivity index (χ3n) is 6.95. The fraction of sp³-hybridized carbons (Fsp3) is 0.458. The van der Waals surface area contributed by atoms with Gasteiger partial charge >= 0.3 is 0 Å². The molecule has 4 bridgehead atoms. The predicted octanol–water partition coefficient (Wildman–Crippen LogP) is 5.00. The lowest BCUT2D eigenvalue weighted by Crippen LogP contribution is -2.58. The van der Waals surface area contributed by atoms with Crippen LogP contribution in [-0.4, -0.2) is 11.4 Å². The number of rotatable bonds is 5. The molecular formula is C24H28N2O. The Morgan fingerprint density at radius 2 is 1.44 bits per heavy atom. The molecule has 0 atom stereocenters. The van der Waals surface area contributed by atoms with Crippen LogP contribution in [0.25, 0.3) is 0 Å². The summed E-state index contributed by atoms with van der Waals surface area (Å²) >= 11 is 0. The first-order valence-corrected chi connectivity index (χ1v) is 10.4. The lowest BCUT2D eigenvalue weighted by atomic mass is 9.53. The molecule has 4 aliphatic rings. The highest BCUT2D eigenvalue weighted by Crippen LogP contribution is 2.55. The summed E-state index contributed by atoms with van der Waals surface area (Å²) in [6, 6.07) is 17.7. The largest absolute Gasteiger partial charge is 0.322 e. The Morgan fingerprint density at radius 1 is 0.852 bits per heavy atom. The van der Waals surface area contributed by atoms with Crippen LogP contribution in [0.1, 0.15) is 54.4 Å². The van der Waals surface area contributed by atoms with Crippen molar-refractivity contribution in [3.63, 3.8) is 0 Å². The molecule has 27 heavy (non-hydrogen) atoms. The summed E-state index contributed by atoms with van der Waals surface area (Å²) in [5.74, 6) is 2.84. The van der Waals surface area contributed by atoms with Crippen molar-refractivity contribution < 1.29 is 4.79 Å². The van der Waals surface area contributed by atoms with Gasteiger partial charge in [-0.2, -0.15) is 0 Å². The fourth-order valence-electron chi connectivity index (χ4n) is 6.12. The summed E-state index contributed by atoms with van der Waals surface area (Å²) in [6.45, 7) is 0.909. The number of anilines is 1. The molecule has 1 amide bonds. The van der Waals surface area contributed by atoms with Crippen LogP contribution in [-0.2, 0) is 6.54 Å². The first kappa shape index (κ1) is 17.0. The third kappa shape index (κ3) is 3.53. The van der Waals surface area contributed by atoms with Gasteiger partial charge in [-0.1, -0.05) is 30.3 Å². The lowest BCUT2D eigenvalue weighted by molar-refractivity contribution is -0.0206. The molecule has 0 unspecified atom stereocenters. The van der Waals surface area contributed by atoms with Crippen LogP contribution >= 0.6 is 0 Å². The average molecular weight is 361 g/mol. The molecule has 0 heterocycles. The normalized spacial score (nSPS) is 31.0. The van der Waals surface area contributed by atoms with Crippen LogP contribution in [0.3, 0.4) is 0 Å². The minimum Gasteiger partial charge on any atom is -0.322 e. The van der Waals surface area contributed by atoms with Crippen molar-refractivity contribution in [2.45, 2.75) is 50.6 Å². The number of amides is 1. The van der Waals surface area contributed by atoms with Crippen molar-refractivity contribution in [1.29, 1.82) is 0 Å². The standard InChI is InChI=1S/C24H28N2O/c27-23(26-22-4-2-1-3-5-22)21-8-6-17(7-9-21)16-25-24-13-18-10-19(14-24)12-20(11-18)15-24/h1-9,18-20,25H,10-16H2,(H,26,27). The van der Waals surface area contributed by atoms with Crippen molar-refractivity contribution in [3.8, 4) is 0 Å². The molecule has 0 aromatic heterocycles. The minimum atomic E-state index is -0.0539. The van der Waals surface area contributed by atoms with E-state index in [-0.39, 0.29) is 5.91 Å².